The average Bonchev–Trinajstić information content (AvgIpc) is 2.96. The van der Waals surface area contributed by atoms with Crippen LogP contribution in [0.15, 0.2) is 30.6 Å². The number of aliphatic hydroxyl groups is 1. The lowest BCUT2D eigenvalue weighted by molar-refractivity contribution is 0.0899. The Bertz CT molecular complexity index is 637. The molecule has 2 aromatic rings. The van der Waals surface area contributed by atoms with E-state index in [9.17, 15) is 9.90 Å². The van der Waals surface area contributed by atoms with Crippen molar-refractivity contribution in [3.8, 4) is 5.82 Å². The summed E-state index contributed by atoms with van der Waals surface area (Å²) in [6.45, 7) is 6.30. The van der Waals surface area contributed by atoms with Crippen molar-refractivity contribution in [1.82, 2.24) is 20.1 Å². The average molecular weight is 316 g/mol. The van der Waals surface area contributed by atoms with Gasteiger partial charge in [-0.15, -0.1) is 0 Å². The fourth-order valence-electron chi connectivity index (χ4n) is 2.51. The number of carbonyl (C=O) groups is 1. The highest BCUT2D eigenvalue weighted by Gasteiger charge is 2.18. The molecule has 0 saturated heterocycles. The van der Waals surface area contributed by atoms with Crippen LogP contribution in [0.3, 0.4) is 0 Å². The van der Waals surface area contributed by atoms with Crippen LogP contribution in [0.5, 0.6) is 0 Å². The molecule has 2 N–H and O–H groups in total. The second kappa shape index (κ2) is 7.87. The van der Waals surface area contributed by atoms with E-state index >= 15 is 0 Å². The quantitative estimate of drug-likeness (QED) is 0.818. The molecule has 2 aromatic heterocycles. The summed E-state index contributed by atoms with van der Waals surface area (Å²) in [6, 6.07) is 5.56. The summed E-state index contributed by atoms with van der Waals surface area (Å²) in [5, 5.41) is 16.9. The number of nitrogens with zero attached hydrogens (tertiary/aromatic N) is 3. The second-order valence-corrected chi connectivity index (χ2v) is 5.95. The summed E-state index contributed by atoms with van der Waals surface area (Å²) in [5.41, 5.74) is 1.33. The van der Waals surface area contributed by atoms with E-state index in [1.807, 2.05) is 39.0 Å². The van der Waals surface area contributed by atoms with E-state index in [4.69, 9.17) is 0 Å². The molecular weight excluding hydrogens is 292 g/mol. The molecule has 124 valence electrons. The van der Waals surface area contributed by atoms with Gasteiger partial charge < -0.3 is 10.4 Å². The van der Waals surface area contributed by atoms with Gasteiger partial charge in [-0.25, -0.2) is 9.67 Å². The largest absolute Gasteiger partial charge is 0.391 e. The second-order valence-electron chi connectivity index (χ2n) is 5.95. The number of hydrogen-bond donors (Lipinski definition) is 2. The molecule has 0 saturated carbocycles. The van der Waals surface area contributed by atoms with Crippen LogP contribution in [0.2, 0.25) is 0 Å². The molecule has 6 nitrogen and oxygen atoms in total. The molecule has 0 spiro atoms. The van der Waals surface area contributed by atoms with Crippen LogP contribution >= 0.6 is 0 Å². The van der Waals surface area contributed by atoms with Crippen LogP contribution in [-0.2, 0) is 6.42 Å². The molecule has 2 rings (SSSR count). The Morgan fingerprint density at radius 2 is 2.17 bits per heavy atom. The van der Waals surface area contributed by atoms with E-state index < -0.39 is 6.10 Å². The third-order valence-electron chi connectivity index (χ3n) is 3.56. The van der Waals surface area contributed by atoms with Crippen molar-refractivity contribution in [2.75, 3.05) is 6.54 Å². The van der Waals surface area contributed by atoms with Crippen LogP contribution in [0.1, 0.15) is 43.2 Å². The van der Waals surface area contributed by atoms with Crippen LogP contribution in [0.4, 0.5) is 0 Å². The number of hydrogen-bond acceptors (Lipinski definition) is 4. The zero-order valence-electron chi connectivity index (χ0n) is 13.9. The normalized spacial score (nSPS) is 12.4. The Morgan fingerprint density at radius 1 is 1.39 bits per heavy atom. The molecule has 0 aromatic carbocycles. The maximum atomic E-state index is 12.4. The first-order chi connectivity index (χ1) is 11.0. The van der Waals surface area contributed by atoms with Gasteiger partial charge in [-0.1, -0.05) is 26.8 Å². The number of rotatable bonds is 7. The highest BCUT2D eigenvalue weighted by molar-refractivity contribution is 5.95. The smallest absolute Gasteiger partial charge is 0.254 e. The van der Waals surface area contributed by atoms with E-state index in [1.54, 1.807) is 17.1 Å². The summed E-state index contributed by atoms with van der Waals surface area (Å²) in [4.78, 5) is 16.6. The maximum Gasteiger partial charge on any atom is 0.254 e. The molecule has 0 bridgehead atoms. The Morgan fingerprint density at radius 3 is 2.78 bits per heavy atom. The van der Waals surface area contributed by atoms with Gasteiger partial charge in [0.05, 0.1) is 23.6 Å². The van der Waals surface area contributed by atoms with Gasteiger partial charge >= 0.3 is 0 Å². The van der Waals surface area contributed by atoms with Gasteiger partial charge in [0.2, 0.25) is 0 Å². The Labute approximate surface area is 136 Å². The monoisotopic (exact) mass is 316 g/mol. The number of pyridine rings is 1. The molecular formula is C17H24N4O2. The van der Waals surface area contributed by atoms with Crippen molar-refractivity contribution in [2.45, 2.75) is 39.7 Å². The van der Waals surface area contributed by atoms with Crippen molar-refractivity contribution in [3.05, 3.63) is 41.9 Å². The van der Waals surface area contributed by atoms with Gasteiger partial charge in [-0.2, -0.15) is 5.10 Å². The van der Waals surface area contributed by atoms with E-state index in [1.165, 1.54) is 0 Å². The zero-order chi connectivity index (χ0) is 16.8. The molecule has 6 heteroatoms. The molecule has 23 heavy (non-hydrogen) atoms. The van der Waals surface area contributed by atoms with Gasteiger partial charge in [0.1, 0.15) is 0 Å². The Kier molecular flexibility index (Phi) is 5.87. The van der Waals surface area contributed by atoms with Crippen molar-refractivity contribution in [2.24, 2.45) is 5.92 Å². The number of aliphatic hydroxyl groups excluding tert-OH is 1. The van der Waals surface area contributed by atoms with Gasteiger partial charge in [0.25, 0.3) is 5.91 Å². The van der Waals surface area contributed by atoms with E-state index in [0.29, 0.717) is 30.1 Å². The molecule has 2 heterocycles. The SMILES string of the molecule is CCc1c(C(=O)NCC(O)CC(C)C)cnn1-c1ccccn1. The van der Waals surface area contributed by atoms with E-state index in [2.05, 4.69) is 15.4 Å². The standard InChI is InChI=1S/C17H24N4O2/c1-4-15-14(17(23)19-10-13(22)9-12(2)3)11-20-21(15)16-7-5-6-8-18-16/h5-8,11-13,22H,4,9-10H2,1-3H3,(H,19,23). The predicted molar refractivity (Wildman–Crippen MR) is 88.5 cm³/mol. The summed E-state index contributed by atoms with van der Waals surface area (Å²) < 4.78 is 1.68. The lowest BCUT2D eigenvalue weighted by Crippen LogP contribution is -2.33. The highest BCUT2D eigenvalue weighted by Crippen LogP contribution is 2.14. The van der Waals surface area contributed by atoms with Crippen LogP contribution in [0.25, 0.3) is 5.82 Å². The van der Waals surface area contributed by atoms with Crippen molar-refractivity contribution < 1.29 is 9.90 Å². The third kappa shape index (κ3) is 4.39. The summed E-state index contributed by atoms with van der Waals surface area (Å²) >= 11 is 0. The lowest BCUT2D eigenvalue weighted by atomic mass is 10.1. The topological polar surface area (TPSA) is 80.0 Å². The van der Waals surface area contributed by atoms with Gasteiger partial charge in [-0.05, 0) is 30.9 Å². The van der Waals surface area contributed by atoms with Gasteiger partial charge in [-0.3, -0.25) is 4.79 Å². The number of carbonyl (C=O) groups excluding carboxylic acids is 1. The number of amides is 1. The number of nitrogens with one attached hydrogen (secondary N) is 1. The summed E-state index contributed by atoms with van der Waals surface area (Å²) in [5.74, 6) is 0.857. The first kappa shape index (κ1) is 17.1. The maximum absolute atomic E-state index is 12.4. The fraction of sp³-hybridized carbons (Fsp3) is 0.471. The third-order valence-corrected chi connectivity index (χ3v) is 3.56. The zero-order valence-corrected chi connectivity index (χ0v) is 13.9. The molecule has 0 fully saturated rings. The van der Waals surface area contributed by atoms with Crippen molar-refractivity contribution >= 4 is 5.91 Å². The van der Waals surface area contributed by atoms with E-state index in [0.717, 1.165) is 5.69 Å². The molecule has 1 unspecified atom stereocenters. The van der Waals surface area contributed by atoms with Crippen LogP contribution < -0.4 is 5.32 Å². The molecule has 0 aliphatic carbocycles. The Hall–Kier alpha value is -2.21. The van der Waals surface area contributed by atoms with Crippen LogP contribution in [0, 0.1) is 5.92 Å². The first-order valence-electron chi connectivity index (χ1n) is 7.97. The minimum absolute atomic E-state index is 0.216. The molecule has 1 atom stereocenters. The summed E-state index contributed by atoms with van der Waals surface area (Å²) in [6.07, 6.45) is 4.04. The van der Waals surface area contributed by atoms with Gasteiger partial charge in [0, 0.05) is 12.7 Å². The van der Waals surface area contributed by atoms with Crippen molar-refractivity contribution in [3.63, 3.8) is 0 Å². The molecule has 0 radical (unpaired) electrons. The lowest BCUT2D eigenvalue weighted by Gasteiger charge is -2.14. The van der Waals surface area contributed by atoms with Crippen molar-refractivity contribution in [1.29, 1.82) is 0 Å². The van der Waals surface area contributed by atoms with Gasteiger partial charge in [0.15, 0.2) is 5.82 Å². The molecule has 0 aliphatic heterocycles. The summed E-state index contributed by atoms with van der Waals surface area (Å²) in [7, 11) is 0. The predicted octanol–water partition coefficient (Wildman–Crippen LogP) is 1.97. The molecule has 1 amide bonds. The highest BCUT2D eigenvalue weighted by atomic mass is 16.3. The van der Waals surface area contributed by atoms with Crippen LogP contribution in [-0.4, -0.2) is 38.4 Å². The van der Waals surface area contributed by atoms with E-state index in [-0.39, 0.29) is 12.5 Å². The minimum atomic E-state index is -0.533. The minimum Gasteiger partial charge on any atom is -0.391 e. The Balaban J connectivity index is 2.11. The first-order valence-corrected chi connectivity index (χ1v) is 7.97. The number of aromatic nitrogens is 3. The molecule has 0 aliphatic rings. The fourth-order valence-corrected chi connectivity index (χ4v) is 2.51.